The average molecular weight is 479 g/mol. The van der Waals surface area contributed by atoms with Gasteiger partial charge in [0.05, 0.1) is 0 Å². The minimum Gasteiger partial charge on any atom is -0.448 e. The van der Waals surface area contributed by atoms with Crippen molar-refractivity contribution in [3.63, 3.8) is 0 Å². The minimum atomic E-state index is -0.650. The van der Waals surface area contributed by atoms with Crippen LogP contribution >= 0.6 is 11.8 Å². The van der Waals surface area contributed by atoms with Crippen LogP contribution < -0.4 is 5.32 Å². The van der Waals surface area contributed by atoms with Gasteiger partial charge in [0.2, 0.25) is 6.41 Å². The van der Waals surface area contributed by atoms with Crippen LogP contribution in [0.25, 0.3) is 0 Å². The molecule has 0 radical (unpaired) electrons. The van der Waals surface area contributed by atoms with Crippen LogP contribution in [0.2, 0.25) is 0 Å². The molecule has 7 nitrogen and oxygen atoms in total. The van der Waals surface area contributed by atoms with E-state index in [4.69, 9.17) is 9.47 Å². The zero-order valence-corrected chi connectivity index (χ0v) is 19.6. The highest BCUT2D eigenvalue weighted by Gasteiger charge is 2.53. The molecule has 2 amide bonds. The fourth-order valence-corrected chi connectivity index (χ4v) is 5.34. The number of hydrogen-bond acceptors (Lipinski definition) is 6. The maximum absolute atomic E-state index is 13.6. The number of benzene rings is 2. The van der Waals surface area contributed by atoms with Crippen LogP contribution in [0, 0.1) is 0 Å². The maximum Gasteiger partial charge on any atom is 0.356 e. The summed E-state index contributed by atoms with van der Waals surface area (Å²) in [4.78, 5) is 38.9. The van der Waals surface area contributed by atoms with Crippen molar-refractivity contribution in [2.24, 2.45) is 0 Å². The third-order valence-corrected chi connectivity index (χ3v) is 6.98. The van der Waals surface area contributed by atoms with Gasteiger partial charge in [-0.1, -0.05) is 72.8 Å². The second-order valence-corrected chi connectivity index (χ2v) is 8.94. The van der Waals surface area contributed by atoms with E-state index >= 15 is 0 Å². The molecule has 1 saturated heterocycles. The standard InChI is InChI=1S/C26H26N2O5S/c1-32-15-9-8-14-20-16-34-25-21(27-17-29)24(30)28(25)22(20)26(31)33-23(18-10-4-2-5-11-18)19-12-6-3-7-13-19/h2-8,10-14,17,21,23,25H,9,15-16H2,1H3,(H,27,29)/b14-8+/t21-,25-/m1/s1. The van der Waals surface area contributed by atoms with E-state index in [0.717, 1.165) is 11.1 Å². The first-order valence-corrected chi connectivity index (χ1v) is 12.0. The smallest absolute Gasteiger partial charge is 0.356 e. The number of esters is 1. The summed E-state index contributed by atoms with van der Waals surface area (Å²) in [5, 5.41) is 2.21. The van der Waals surface area contributed by atoms with Gasteiger partial charge < -0.3 is 14.8 Å². The van der Waals surface area contributed by atoms with Crippen molar-refractivity contribution in [2.75, 3.05) is 19.5 Å². The first-order chi connectivity index (χ1) is 16.7. The molecule has 34 heavy (non-hydrogen) atoms. The number of amides is 2. The predicted octanol–water partition coefficient (Wildman–Crippen LogP) is 3.20. The molecule has 2 aliphatic heterocycles. The van der Waals surface area contributed by atoms with Gasteiger partial charge in [-0.25, -0.2) is 4.79 Å². The van der Waals surface area contributed by atoms with Gasteiger partial charge in [0.25, 0.3) is 5.91 Å². The Hall–Kier alpha value is -3.36. The molecule has 2 heterocycles. The quantitative estimate of drug-likeness (QED) is 0.244. The zero-order valence-electron chi connectivity index (χ0n) is 18.8. The van der Waals surface area contributed by atoms with Gasteiger partial charge >= 0.3 is 5.97 Å². The maximum atomic E-state index is 13.6. The van der Waals surface area contributed by atoms with E-state index in [1.807, 2.05) is 72.8 Å². The predicted molar refractivity (Wildman–Crippen MR) is 130 cm³/mol. The minimum absolute atomic E-state index is 0.225. The number of allylic oxidation sites excluding steroid dienone is 1. The van der Waals surface area contributed by atoms with E-state index in [1.54, 1.807) is 7.11 Å². The van der Waals surface area contributed by atoms with Crippen molar-refractivity contribution in [3.8, 4) is 0 Å². The Labute approximate surface area is 202 Å². The second kappa shape index (κ2) is 11.2. The molecule has 2 aromatic carbocycles. The molecule has 4 rings (SSSR count). The van der Waals surface area contributed by atoms with Crippen LogP contribution in [0.3, 0.4) is 0 Å². The van der Waals surface area contributed by atoms with E-state index in [-0.39, 0.29) is 17.0 Å². The molecular weight excluding hydrogens is 452 g/mol. The second-order valence-electron chi connectivity index (χ2n) is 7.84. The van der Waals surface area contributed by atoms with Gasteiger partial charge in [-0.2, -0.15) is 0 Å². The van der Waals surface area contributed by atoms with Gasteiger partial charge in [0, 0.05) is 19.5 Å². The van der Waals surface area contributed by atoms with Crippen molar-refractivity contribution in [3.05, 3.63) is 95.2 Å². The molecule has 1 N–H and O–H groups in total. The number of carbonyl (C=O) groups is 3. The number of nitrogens with zero attached hydrogens (tertiary/aromatic N) is 1. The fraction of sp³-hybridized carbons (Fsp3) is 0.269. The number of methoxy groups -OCH3 is 1. The van der Waals surface area contributed by atoms with Crippen molar-refractivity contribution in [1.29, 1.82) is 0 Å². The highest BCUT2D eigenvalue weighted by Crippen LogP contribution is 2.41. The summed E-state index contributed by atoms with van der Waals surface area (Å²) in [7, 11) is 1.63. The topological polar surface area (TPSA) is 84.9 Å². The molecule has 2 aromatic rings. The highest BCUT2D eigenvalue weighted by atomic mass is 32.2. The van der Waals surface area contributed by atoms with E-state index in [0.29, 0.717) is 30.8 Å². The van der Waals surface area contributed by atoms with Gasteiger partial charge in [0.1, 0.15) is 17.1 Å². The summed E-state index contributed by atoms with van der Waals surface area (Å²) in [6.07, 6.45) is 4.34. The molecule has 0 aromatic heterocycles. The fourth-order valence-electron chi connectivity index (χ4n) is 4.01. The third-order valence-electron chi connectivity index (χ3n) is 5.68. The van der Waals surface area contributed by atoms with Crippen LogP contribution in [0.1, 0.15) is 23.7 Å². The number of fused-ring (bicyclic) bond motifs is 1. The molecule has 8 heteroatoms. The monoisotopic (exact) mass is 478 g/mol. The summed E-state index contributed by atoms with van der Waals surface area (Å²) in [5.41, 5.74) is 2.59. The van der Waals surface area contributed by atoms with Gasteiger partial charge in [-0.05, 0) is 23.1 Å². The van der Waals surface area contributed by atoms with E-state index in [2.05, 4.69) is 5.32 Å². The SMILES string of the molecule is COCC/C=C/C1=C(C(=O)OC(c2ccccc2)c2ccccc2)N2C(=O)[C@@H](NC=O)[C@H]2SC1. The number of ether oxygens (including phenoxy) is 2. The Balaban J connectivity index is 1.67. The Morgan fingerprint density at radius 2 is 1.79 bits per heavy atom. The first-order valence-electron chi connectivity index (χ1n) is 11.0. The van der Waals surface area contributed by atoms with E-state index in [1.165, 1.54) is 16.7 Å². The summed E-state index contributed by atoms with van der Waals surface area (Å²) < 4.78 is 11.2. The number of rotatable bonds is 10. The number of β-lactam (4-membered cyclic amide) rings is 1. The molecule has 2 atom stereocenters. The Bertz CT molecular complexity index is 1050. The number of thioether (sulfide) groups is 1. The molecular formula is C26H26N2O5S. The average Bonchev–Trinajstić information content (AvgIpc) is 2.88. The normalized spacial score (nSPS) is 19.7. The largest absolute Gasteiger partial charge is 0.448 e. The van der Waals surface area contributed by atoms with Crippen LogP contribution in [-0.4, -0.2) is 54.1 Å². The Morgan fingerprint density at radius 3 is 2.38 bits per heavy atom. The highest BCUT2D eigenvalue weighted by molar-refractivity contribution is 8.00. The van der Waals surface area contributed by atoms with Crippen LogP contribution in [0.4, 0.5) is 0 Å². The molecule has 0 bridgehead atoms. The first kappa shape index (κ1) is 23.8. The summed E-state index contributed by atoms with van der Waals surface area (Å²) in [6, 6.07) is 18.4. The molecule has 0 spiro atoms. The van der Waals surface area contributed by atoms with Crippen molar-refractivity contribution in [1.82, 2.24) is 10.2 Å². The van der Waals surface area contributed by atoms with Gasteiger partial charge in [0.15, 0.2) is 6.10 Å². The lowest BCUT2D eigenvalue weighted by atomic mass is 10.0. The number of hydrogen-bond donors (Lipinski definition) is 1. The summed E-state index contributed by atoms with van der Waals surface area (Å²) in [6.45, 7) is 0.553. The van der Waals surface area contributed by atoms with Crippen LogP contribution in [-0.2, 0) is 23.9 Å². The van der Waals surface area contributed by atoms with E-state index < -0.39 is 18.1 Å². The summed E-state index contributed by atoms with van der Waals surface area (Å²) >= 11 is 1.51. The molecule has 176 valence electrons. The van der Waals surface area contributed by atoms with Crippen LogP contribution in [0.5, 0.6) is 0 Å². The molecule has 2 aliphatic rings. The number of nitrogens with one attached hydrogen (secondary N) is 1. The molecule has 1 fully saturated rings. The van der Waals surface area contributed by atoms with Crippen molar-refractivity contribution in [2.45, 2.75) is 23.9 Å². The summed E-state index contributed by atoms with van der Waals surface area (Å²) in [5.74, 6) is -0.386. The lowest BCUT2D eigenvalue weighted by Crippen LogP contribution is -2.69. The van der Waals surface area contributed by atoms with Crippen molar-refractivity contribution >= 4 is 30.0 Å². The number of carbonyl (C=O) groups excluding carboxylic acids is 3. The Morgan fingerprint density at radius 1 is 1.15 bits per heavy atom. The van der Waals surface area contributed by atoms with Crippen LogP contribution in [0.15, 0.2) is 84.1 Å². The Kier molecular flexibility index (Phi) is 7.82. The van der Waals surface area contributed by atoms with E-state index in [9.17, 15) is 14.4 Å². The van der Waals surface area contributed by atoms with Gasteiger partial charge in [-0.15, -0.1) is 11.8 Å². The molecule has 0 saturated carbocycles. The lowest BCUT2D eigenvalue weighted by molar-refractivity contribution is -0.154. The zero-order chi connectivity index (χ0) is 23.9. The van der Waals surface area contributed by atoms with Crippen molar-refractivity contribution < 1.29 is 23.9 Å². The van der Waals surface area contributed by atoms with Gasteiger partial charge in [-0.3, -0.25) is 14.5 Å². The lowest BCUT2D eigenvalue weighted by Gasteiger charge is -2.49. The third kappa shape index (κ3) is 4.93. The molecule has 0 unspecified atom stereocenters. The molecule has 0 aliphatic carbocycles.